The van der Waals surface area contributed by atoms with E-state index in [1.165, 1.54) is 12.8 Å². The summed E-state index contributed by atoms with van der Waals surface area (Å²) in [7, 11) is 1.77. The fraction of sp³-hybridized carbons (Fsp3) is 0.571. The first kappa shape index (κ1) is 15.0. The van der Waals surface area contributed by atoms with Crippen LogP contribution in [0.15, 0.2) is 10.4 Å². The smallest absolute Gasteiger partial charge is 0.191 e. The molecule has 22 heavy (non-hydrogen) atoms. The standard InChI is InChI=1S/C14H21N7S/c1-10-9-22-13(18-10)8-17-14(15-2)16-7-12-20-19-11-5-3-4-6-21(11)12/h9H,3-8H2,1-2H3,(H2,15,16,17). The highest BCUT2D eigenvalue weighted by Gasteiger charge is 2.15. The molecule has 3 heterocycles. The van der Waals surface area contributed by atoms with Gasteiger partial charge in [0.2, 0.25) is 0 Å². The van der Waals surface area contributed by atoms with Gasteiger partial charge in [0.15, 0.2) is 11.8 Å². The lowest BCUT2D eigenvalue weighted by molar-refractivity contribution is 0.504. The minimum absolute atomic E-state index is 0.629. The quantitative estimate of drug-likeness (QED) is 0.655. The Morgan fingerprint density at radius 3 is 2.95 bits per heavy atom. The normalized spacial score (nSPS) is 14.7. The average molecular weight is 319 g/mol. The molecule has 7 nitrogen and oxygen atoms in total. The molecule has 1 aliphatic rings. The second-order valence-electron chi connectivity index (χ2n) is 5.30. The van der Waals surface area contributed by atoms with Crippen molar-refractivity contribution in [2.75, 3.05) is 7.05 Å². The second kappa shape index (κ2) is 6.87. The lowest BCUT2D eigenvalue weighted by Gasteiger charge is -2.15. The fourth-order valence-corrected chi connectivity index (χ4v) is 3.24. The summed E-state index contributed by atoms with van der Waals surface area (Å²) < 4.78 is 2.22. The molecule has 2 aromatic rings. The van der Waals surface area contributed by atoms with Gasteiger partial charge < -0.3 is 15.2 Å². The summed E-state index contributed by atoms with van der Waals surface area (Å²) in [6.07, 6.45) is 3.44. The highest BCUT2D eigenvalue weighted by molar-refractivity contribution is 7.09. The Balaban J connectivity index is 1.54. The zero-order chi connectivity index (χ0) is 15.4. The molecule has 0 atom stereocenters. The first-order valence-corrected chi connectivity index (χ1v) is 8.40. The molecule has 3 rings (SSSR count). The Labute approximate surface area is 133 Å². The third-order valence-corrected chi connectivity index (χ3v) is 4.61. The number of nitrogens with one attached hydrogen (secondary N) is 2. The van der Waals surface area contributed by atoms with Crippen molar-refractivity contribution in [3.8, 4) is 0 Å². The van der Waals surface area contributed by atoms with Crippen molar-refractivity contribution < 1.29 is 0 Å². The number of fused-ring (bicyclic) bond motifs is 1. The first-order chi connectivity index (χ1) is 10.8. The molecule has 0 saturated heterocycles. The van der Waals surface area contributed by atoms with Gasteiger partial charge >= 0.3 is 0 Å². The van der Waals surface area contributed by atoms with Crippen LogP contribution in [-0.2, 0) is 26.1 Å². The summed E-state index contributed by atoms with van der Waals surface area (Å²) in [5.41, 5.74) is 1.06. The van der Waals surface area contributed by atoms with Crippen LogP contribution in [0.3, 0.4) is 0 Å². The minimum Gasteiger partial charge on any atom is -0.350 e. The maximum absolute atomic E-state index is 4.43. The predicted molar refractivity (Wildman–Crippen MR) is 86.8 cm³/mol. The minimum atomic E-state index is 0.629. The lowest BCUT2D eigenvalue weighted by atomic mass is 10.2. The summed E-state index contributed by atoms with van der Waals surface area (Å²) in [6.45, 7) is 4.32. The van der Waals surface area contributed by atoms with Crippen LogP contribution < -0.4 is 10.6 Å². The summed E-state index contributed by atoms with van der Waals surface area (Å²) in [4.78, 5) is 8.67. The lowest BCUT2D eigenvalue weighted by Crippen LogP contribution is -2.37. The fourth-order valence-electron chi connectivity index (χ4n) is 2.53. The molecule has 1 aliphatic heterocycles. The number of thiazole rings is 1. The van der Waals surface area contributed by atoms with Crippen LogP contribution in [0.25, 0.3) is 0 Å². The molecule has 0 unspecified atom stereocenters. The third kappa shape index (κ3) is 3.44. The van der Waals surface area contributed by atoms with E-state index in [2.05, 4.69) is 40.8 Å². The zero-order valence-corrected chi connectivity index (χ0v) is 13.8. The molecule has 0 spiro atoms. The molecule has 118 valence electrons. The highest BCUT2D eigenvalue weighted by Crippen LogP contribution is 2.14. The third-order valence-electron chi connectivity index (χ3n) is 3.65. The predicted octanol–water partition coefficient (Wildman–Crippen LogP) is 1.24. The molecule has 0 amide bonds. The van der Waals surface area contributed by atoms with Crippen molar-refractivity contribution in [2.24, 2.45) is 4.99 Å². The van der Waals surface area contributed by atoms with Gasteiger partial charge in [-0.1, -0.05) is 0 Å². The van der Waals surface area contributed by atoms with Crippen LogP contribution in [0.1, 0.15) is 35.2 Å². The summed E-state index contributed by atoms with van der Waals surface area (Å²) in [5.74, 6) is 2.83. The van der Waals surface area contributed by atoms with E-state index in [-0.39, 0.29) is 0 Å². The van der Waals surface area contributed by atoms with E-state index in [1.807, 2.05) is 6.92 Å². The molecule has 2 aromatic heterocycles. The Morgan fingerprint density at radius 1 is 1.32 bits per heavy atom. The van der Waals surface area contributed by atoms with E-state index in [4.69, 9.17) is 0 Å². The van der Waals surface area contributed by atoms with Crippen molar-refractivity contribution >= 4 is 17.3 Å². The van der Waals surface area contributed by atoms with Gasteiger partial charge in [0.05, 0.1) is 13.1 Å². The van der Waals surface area contributed by atoms with Crippen molar-refractivity contribution in [1.29, 1.82) is 0 Å². The van der Waals surface area contributed by atoms with Crippen molar-refractivity contribution in [2.45, 2.75) is 45.8 Å². The molecule has 2 N–H and O–H groups in total. The zero-order valence-electron chi connectivity index (χ0n) is 13.0. The largest absolute Gasteiger partial charge is 0.350 e. The van der Waals surface area contributed by atoms with Gasteiger partial charge in [-0.25, -0.2) is 4.98 Å². The molecular formula is C14H21N7S. The van der Waals surface area contributed by atoms with E-state index >= 15 is 0 Å². The number of aliphatic imine (C=N–C) groups is 1. The molecule has 0 aromatic carbocycles. The van der Waals surface area contributed by atoms with Gasteiger partial charge in [-0.3, -0.25) is 4.99 Å². The topological polar surface area (TPSA) is 80.0 Å². The molecular weight excluding hydrogens is 298 g/mol. The average Bonchev–Trinajstić information content (AvgIpc) is 3.14. The SMILES string of the molecule is CN=C(NCc1nc(C)cs1)NCc1nnc2n1CCCC2. The van der Waals surface area contributed by atoms with Crippen LogP contribution in [0.5, 0.6) is 0 Å². The maximum atomic E-state index is 4.43. The van der Waals surface area contributed by atoms with Gasteiger partial charge in [0.25, 0.3) is 0 Å². The number of aromatic nitrogens is 4. The number of guanidine groups is 1. The summed E-state index contributed by atoms with van der Waals surface area (Å²) in [5, 5.41) is 18.2. The van der Waals surface area contributed by atoms with Crippen LogP contribution >= 0.6 is 11.3 Å². The number of rotatable bonds is 4. The van der Waals surface area contributed by atoms with Gasteiger partial charge in [0, 0.05) is 31.1 Å². The molecule has 0 aliphatic carbocycles. The Hall–Kier alpha value is -1.96. The Morgan fingerprint density at radius 2 is 2.18 bits per heavy atom. The van der Waals surface area contributed by atoms with Crippen LogP contribution in [0, 0.1) is 6.92 Å². The number of aryl methyl sites for hydroxylation is 2. The molecule has 0 radical (unpaired) electrons. The summed E-state index contributed by atoms with van der Waals surface area (Å²) in [6, 6.07) is 0. The van der Waals surface area contributed by atoms with E-state index in [0.717, 1.165) is 41.3 Å². The molecule has 0 bridgehead atoms. The van der Waals surface area contributed by atoms with Crippen molar-refractivity contribution in [3.05, 3.63) is 27.7 Å². The summed E-state index contributed by atoms with van der Waals surface area (Å²) >= 11 is 1.65. The first-order valence-electron chi connectivity index (χ1n) is 7.52. The highest BCUT2D eigenvalue weighted by atomic mass is 32.1. The number of hydrogen-bond donors (Lipinski definition) is 2. The number of nitrogens with zero attached hydrogens (tertiary/aromatic N) is 5. The van der Waals surface area contributed by atoms with Crippen LogP contribution in [0.4, 0.5) is 0 Å². The van der Waals surface area contributed by atoms with Gasteiger partial charge in [-0.15, -0.1) is 21.5 Å². The van der Waals surface area contributed by atoms with Crippen LogP contribution in [-0.4, -0.2) is 32.8 Å². The molecule has 0 fully saturated rings. The van der Waals surface area contributed by atoms with Crippen LogP contribution in [0.2, 0.25) is 0 Å². The molecule has 0 saturated carbocycles. The van der Waals surface area contributed by atoms with E-state index in [9.17, 15) is 0 Å². The molecule has 8 heteroatoms. The van der Waals surface area contributed by atoms with Crippen molar-refractivity contribution in [3.63, 3.8) is 0 Å². The van der Waals surface area contributed by atoms with Gasteiger partial charge in [-0.2, -0.15) is 0 Å². The van der Waals surface area contributed by atoms with E-state index < -0.39 is 0 Å². The maximum Gasteiger partial charge on any atom is 0.191 e. The second-order valence-corrected chi connectivity index (χ2v) is 6.25. The van der Waals surface area contributed by atoms with E-state index in [0.29, 0.717) is 13.1 Å². The van der Waals surface area contributed by atoms with Crippen molar-refractivity contribution in [1.82, 2.24) is 30.4 Å². The van der Waals surface area contributed by atoms with E-state index in [1.54, 1.807) is 18.4 Å². The van der Waals surface area contributed by atoms with Gasteiger partial charge in [0.1, 0.15) is 10.8 Å². The Bertz CT molecular complexity index is 658. The van der Waals surface area contributed by atoms with Gasteiger partial charge in [-0.05, 0) is 19.8 Å². The monoisotopic (exact) mass is 319 g/mol. The number of hydrogen-bond acceptors (Lipinski definition) is 5. The Kier molecular flexibility index (Phi) is 4.67.